The fourth-order valence-corrected chi connectivity index (χ4v) is 10.7. The molecule has 3 nitrogen and oxygen atoms in total. The molecule has 1 spiro atoms. The molecule has 0 bridgehead atoms. The van der Waals surface area contributed by atoms with Crippen LogP contribution in [0.1, 0.15) is 22.3 Å². The number of hydrogen-bond acceptors (Lipinski definition) is 3. The lowest BCUT2D eigenvalue weighted by Gasteiger charge is -2.45. The van der Waals surface area contributed by atoms with Crippen molar-refractivity contribution in [2.75, 3.05) is 9.80 Å². The van der Waals surface area contributed by atoms with E-state index in [2.05, 4.69) is 192 Å². The van der Waals surface area contributed by atoms with Gasteiger partial charge in [-0.1, -0.05) is 158 Å². The maximum atomic E-state index is 15.5. The highest BCUT2D eigenvalue weighted by Crippen LogP contribution is 2.66. The van der Waals surface area contributed by atoms with Crippen LogP contribution in [0.15, 0.2) is 217 Å². The van der Waals surface area contributed by atoms with Crippen LogP contribution in [0.25, 0.3) is 54.6 Å². The monoisotopic (exact) mass is 782 g/mol. The van der Waals surface area contributed by atoms with Gasteiger partial charge in [-0.3, -0.25) is 0 Å². The number of halogens is 1. The van der Waals surface area contributed by atoms with Gasteiger partial charge < -0.3 is 14.2 Å². The molecular formula is C57H35FN2O. The van der Waals surface area contributed by atoms with Gasteiger partial charge in [-0.25, -0.2) is 4.39 Å². The Morgan fingerprint density at radius 2 is 0.984 bits per heavy atom. The zero-order valence-corrected chi connectivity index (χ0v) is 32.9. The molecule has 4 heteroatoms. The largest absolute Gasteiger partial charge is 0.451 e. The first kappa shape index (κ1) is 34.0. The second-order valence-electron chi connectivity index (χ2n) is 16.1. The standard InChI is InChI=1S/C57H35FN2O/c58-48-29-15-25-42-43-26-16-32-51(56(43)61-55(42)48)60(38-20-5-2-6-21-38)52-35-47-54(41-24-10-9-23-40(41)52)53-39-22-8-7-17-36(39)33-34-46(53)57(47)44-27-11-13-30-49(44)59(37-18-3-1-4-19-37)50-31-14-12-28-45(50)57/h1-35H. The SMILES string of the molecule is Fc1cccc2c1oc1c(N(c3ccccc3)c3cc4c(c5ccccc35)-c3c(ccc5ccccc35)C43c4ccccc4N(c4ccccc4)c4ccccc43)cccc12. The maximum Gasteiger partial charge on any atom is 0.171 e. The van der Waals surface area contributed by atoms with Crippen molar-refractivity contribution in [3.8, 4) is 11.1 Å². The van der Waals surface area contributed by atoms with E-state index in [1.54, 1.807) is 6.07 Å². The summed E-state index contributed by atoms with van der Waals surface area (Å²) in [6.07, 6.45) is 0. The summed E-state index contributed by atoms with van der Waals surface area (Å²) in [5.74, 6) is -0.375. The summed E-state index contributed by atoms with van der Waals surface area (Å²) in [5.41, 5.74) is 13.8. The van der Waals surface area contributed by atoms with E-state index in [1.807, 2.05) is 18.2 Å². The normalized spacial score (nSPS) is 13.4. The van der Waals surface area contributed by atoms with Crippen molar-refractivity contribution < 1.29 is 8.81 Å². The number of hydrogen-bond donors (Lipinski definition) is 0. The lowest BCUT2D eigenvalue weighted by molar-refractivity contribution is 0.584. The number of fused-ring (bicyclic) bond motifs is 16. The molecule has 2 aliphatic rings. The fourth-order valence-electron chi connectivity index (χ4n) is 10.7. The lowest BCUT2D eigenvalue weighted by Crippen LogP contribution is -2.36. The molecule has 11 aromatic rings. The lowest BCUT2D eigenvalue weighted by atomic mass is 9.64. The molecule has 0 fully saturated rings. The van der Waals surface area contributed by atoms with E-state index in [1.165, 1.54) is 50.2 Å². The number of nitrogens with zero attached hydrogens (tertiary/aromatic N) is 2. The minimum absolute atomic E-state index is 0.261. The summed E-state index contributed by atoms with van der Waals surface area (Å²) < 4.78 is 22.0. The van der Waals surface area contributed by atoms with Crippen molar-refractivity contribution in [2.24, 2.45) is 0 Å². The Bertz CT molecular complexity index is 3530. The molecule has 1 aliphatic heterocycles. The van der Waals surface area contributed by atoms with Gasteiger partial charge in [0.1, 0.15) is 0 Å². The summed E-state index contributed by atoms with van der Waals surface area (Å²) in [4.78, 5) is 4.74. The summed E-state index contributed by atoms with van der Waals surface area (Å²) >= 11 is 0. The molecule has 0 saturated carbocycles. The van der Waals surface area contributed by atoms with Gasteiger partial charge in [0.05, 0.1) is 28.2 Å². The Morgan fingerprint density at radius 3 is 1.74 bits per heavy atom. The van der Waals surface area contributed by atoms with Gasteiger partial charge in [-0.05, 0) is 104 Å². The number of benzene rings is 10. The van der Waals surface area contributed by atoms with Gasteiger partial charge >= 0.3 is 0 Å². The van der Waals surface area contributed by atoms with E-state index >= 15 is 4.39 Å². The van der Waals surface area contributed by atoms with Crippen molar-refractivity contribution >= 4 is 77.6 Å². The molecule has 0 saturated heterocycles. The average molecular weight is 783 g/mol. The topological polar surface area (TPSA) is 19.6 Å². The summed E-state index contributed by atoms with van der Waals surface area (Å²) in [7, 11) is 0. The van der Waals surface area contributed by atoms with Crippen LogP contribution in [0.3, 0.4) is 0 Å². The van der Waals surface area contributed by atoms with Crippen molar-refractivity contribution in [3.05, 3.63) is 240 Å². The van der Waals surface area contributed by atoms with Crippen molar-refractivity contribution in [2.45, 2.75) is 5.41 Å². The van der Waals surface area contributed by atoms with Crippen LogP contribution >= 0.6 is 0 Å². The zero-order valence-electron chi connectivity index (χ0n) is 32.9. The van der Waals surface area contributed by atoms with E-state index in [0.717, 1.165) is 55.7 Å². The maximum absolute atomic E-state index is 15.5. The van der Waals surface area contributed by atoms with Crippen LogP contribution in [0.4, 0.5) is 38.5 Å². The molecule has 0 unspecified atom stereocenters. The molecule has 2 heterocycles. The number of anilines is 6. The van der Waals surface area contributed by atoms with Crippen molar-refractivity contribution in [1.82, 2.24) is 0 Å². The summed E-state index contributed by atoms with van der Waals surface area (Å²) in [6, 6.07) is 75.2. The van der Waals surface area contributed by atoms with Crippen molar-refractivity contribution in [3.63, 3.8) is 0 Å². The van der Waals surface area contributed by atoms with E-state index in [9.17, 15) is 0 Å². The molecule has 0 atom stereocenters. The highest BCUT2D eigenvalue weighted by Gasteiger charge is 2.53. The molecule has 10 aromatic carbocycles. The van der Waals surface area contributed by atoms with E-state index in [-0.39, 0.29) is 11.4 Å². The number of rotatable bonds is 4. The van der Waals surface area contributed by atoms with Gasteiger partial charge in [0.15, 0.2) is 17.0 Å². The van der Waals surface area contributed by atoms with Gasteiger partial charge in [0.2, 0.25) is 0 Å². The first-order valence-corrected chi connectivity index (χ1v) is 20.8. The van der Waals surface area contributed by atoms with Gasteiger partial charge in [0, 0.05) is 27.5 Å². The first-order chi connectivity index (χ1) is 30.2. The molecule has 1 aliphatic carbocycles. The van der Waals surface area contributed by atoms with E-state index < -0.39 is 5.41 Å². The highest BCUT2D eigenvalue weighted by atomic mass is 19.1. The quantitative estimate of drug-likeness (QED) is 0.177. The second-order valence-corrected chi connectivity index (χ2v) is 16.1. The molecule has 286 valence electrons. The third-order valence-electron chi connectivity index (χ3n) is 13.1. The third-order valence-corrected chi connectivity index (χ3v) is 13.1. The van der Waals surface area contributed by atoms with Crippen LogP contribution in [0, 0.1) is 5.82 Å². The predicted octanol–water partition coefficient (Wildman–Crippen LogP) is 15.6. The Kier molecular flexibility index (Phi) is 7.11. The smallest absolute Gasteiger partial charge is 0.171 e. The summed E-state index contributed by atoms with van der Waals surface area (Å²) in [5, 5.41) is 6.31. The fraction of sp³-hybridized carbons (Fsp3) is 0.0175. The van der Waals surface area contributed by atoms with Crippen LogP contribution in [0.5, 0.6) is 0 Å². The summed E-state index contributed by atoms with van der Waals surface area (Å²) in [6.45, 7) is 0. The van der Waals surface area contributed by atoms with Crippen LogP contribution < -0.4 is 9.80 Å². The van der Waals surface area contributed by atoms with Crippen LogP contribution in [0.2, 0.25) is 0 Å². The number of furan rings is 1. The van der Waals surface area contributed by atoms with Crippen LogP contribution in [-0.4, -0.2) is 0 Å². The average Bonchev–Trinajstić information content (AvgIpc) is 3.86. The highest BCUT2D eigenvalue weighted by molar-refractivity contribution is 6.18. The van der Waals surface area contributed by atoms with E-state index in [0.29, 0.717) is 5.58 Å². The second kappa shape index (κ2) is 12.8. The third kappa shape index (κ3) is 4.56. The first-order valence-electron chi connectivity index (χ1n) is 20.8. The molecular weight excluding hydrogens is 748 g/mol. The van der Waals surface area contributed by atoms with Crippen molar-refractivity contribution in [1.29, 1.82) is 0 Å². The molecule has 0 N–H and O–H groups in total. The molecule has 0 amide bonds. The molecule has 1 aromatic heterocycles. The Labute approximate surface area is 351 Å². The Hall–Kier alpha value is -7.95. The Morgan fingerprint density at radius 1 is 0.410 bits per heavy atom. The number of para-hydroxylation sites is 6. The van der Waals surface area contributed by atoms with Gasteiger partial charge in [0.25, 0.3) is 0 Å². The minimum Gasteiger partial charge on any atom is -0.451 e. The van der Waals surface area contributed by atoms with Gasteiger partial charge in [-0.2, -0.15) is 0 Å². The molecule has 13 rings (SSSR count). The van der Waals surface area contributed by atoms with Crippen LogP contribution in [-0.2, 0) is 5.41 Å². The zero-order chi connectivity index (χ0) is 40.2. The Balaban J connectivity index is 1.21. The minimum atomic E-state index is -0.706. The molecule has 0 radical (unpaired) electrons. The predicted molar refractivity (Wildman–Crippen MR) is 249 cm³/mol. The van der Waals surface area contributed by atoms with Gasteiger partial charge in [-0.15, -0.1) is 0 Å². The molecule has 61 heavy (non-hydrogen) atoms. The van der Waals surface area contributed by atoms with E-state index in [4.69, 9.17) is 4.42 Å².